The molecule has 0 aromatic heterocycles. The second-order valence-electron chi connectivity index (χ2n) is 4.78. The molecule has 0 radical (unpaired) electrons. The van der Waals surface area contributed by atoms with E-state index in [1.54, 1.807) is 7.11 Å². The summed E-state index contributed by atoms with van der Waals surface area (Å²) in [6, 6.07) is 8.29. The van der Waals surface area contributed by atoms with Crippen LogP contribution in [-0.4, -0.2) is 52.3 Å². The Bertz CT molecular complexity index is 404. The lowest BCUT2D eigenvalue weighted by molar-refractivity contribution is -0.140. The van der Waals surface area contributed by atoms with Crippen molar-refractivity contribution in [3.8, 4) is 5.75 Å². The van der Waals surface area contributed by atoms with Crippen molar-refractivity contribution in [3.05, 3.63) is 29.8 Å². The van der Waals surface area contributed by atoms with Crippen LogP contribution in [0.1, 0.15) is 18.0 Å². The van der Waals surface area contributed by atoms with Crippen LogP contribution < -0.4 is 10.1 Å². The van der Waals surface area contributed by atoms with E-state index < -0.39 is 0 Å². The Morgan fingerprint density at radius 3 is 2.40 bits per heavy atom. The molecule has 0 aliphatic carbocycles. The van der Waals surface area contributed by atoms with Crippen LogP contribution in [0.5, 0.6) is 5.75 Å². The minimum Gasteiger partial charge on any atom is -0.497 e. The molecule has 0 saturated heterocycles. The third-order valence-electron chi connectivity index (χ3n) is 3.20. The van der Waals surface area contributed by atoms with Crippen LogP contribution >= 0.6 is 0 Å². The van der Waals surface area contributed by atoms with Gasteiger partial charge in [-0.05, 0) is 31.8 Å². The smallest absolute Gasteiger partial charge is 0.306 e. The zero-order chi connectivity index (χ0) is 15.0. The number of rotatable bonds is 8. The lowest BCUT2D eigenvalue weighted by Crippen LogP contribution is -2.32. The van der Waals surface area contributed by atoms with Gasteiger partial charge in [-0.25, -0.2) is 0 Å². The van der Waals surface area contributed by atoms with Crippen LogP contribution in [0.25, 0.3) is 0 Å². The van der Waals surface area contributed by atoms with Gasteiger partial charge in [0, 0.05) is 19.1 Å². The van der Waals surface area contributed by atoms with Crippen molar-refractivity contribution < 1.29 is 14.3 Å². The number of hydrogen-bond donors (Lipinski definition) is 1. The number of methoxy groups -OCH3 is 2. The second-order valence-corrected chi connectivity index (χ2v) is 4.78. The summed E-state index contributed by atoms with van der Waals surface area (Å²) in [5, 5.41) is 3.29. The van der Waals surface area contributed by atoms with E-state index in [4.69, 9.17) is 4.74 Å². The van der Waals surface area contributed by atoms with Crippen molar-refractivity contribution in [1.82, 2.24) is 10.2 Å². The number of hydrogen-bond acceptors (Lipinski definition) is 5. The molecule has 1 N–H and O–H groups in total. The summed E-state index contributed by atoms with van der Waals surface area (Å²) in [6.45, 7) is 1.39. The Balaban J connectivity index is 2.53. The SMILES string of the molecule is COC(=O)CCNCC(c1ccc(OC)cc1)N(C)C. The summed E-state index contributed by atoms with van der Waals surface area (Å²) < 4.78 is 9.78. The van der Waals surface area contributed by atoms with Crippen LogP contribution in [-0.2, 0) is 9.53 Å². The van der Waals surface area contributed by atoms with Crippen molar-refractivity contribution in [2.24, 2.45) is 0 Å². The first-order valence-corrected chi connectivity index (χ1v) is 6.66. The summed E-state index contributed by atoms with van der Waals surface area (Å²) in [5.41, 5.74) is 1.21. The fourth-order valence-electron chi connectivity index (χ4n) is 1.96. The highest BCUT2D eigenvalue weighted by Gasteiger charge is 2.13. The molecule has 5 heteroatoms. The third kappa shape index (κ3) is 5.19. The van der Waals surface area contributed by atoms with E-state index >= 15 is 0 Å². The number of benzene rings is 1. The maximum Gasteiger partial charge on any atom is 0.306 e. The summed E-state index contributed by atoms with van der Waals surface area (Å²) in [7, 11) is 7.14. The molecule has 0 saturated carbocycles. The van der Waals surface area contributed by atoms with Gasteiger partial charge >= 0.3 is 5.97 Å². The van der Waals surface area contributed by atoms with Crippen molar-refractivity contribution in [3.63, 3.8) is 0 Å². The molecule has 0 bridgehead atoms. The van der Waals surface area contributed by atoms with E-state index in [9.17, 15) is 4.79 Å². The van der Waals surface area contributed by atoms with E-state index in [2.05, 4.69) is 27.1 Å². The third-order valence-corrected chi connectivity index (χ3v) is 3.20. The zero-order valence-electron chi connectivity index (χ0n) is 12.7. The average molecular weight is 280 g/mol. The van der Waals surface area contributed by atoms with Gasteiger partial charge in [-0.2, -0.15) is 0 Å². The molecule has 1 unspecified atom stereocenters. The van der Waals surface area contributed by atoms with Crippen LogP contribution in [0.4, 0.5) is 0 Å². The van der Waals surface area contributed by atoms with Gasteiger partial charge in [0.1, 0.15) is 5.75 Å². The first-order valence-electron chi connectivity index (χ1n) is 6.66. The molecule has 1 rings (SSSR count). The summed E-state index contributed by atoms with van der Waals surface area (Å²) >= 11 is 0. The van der Waals surface area contributed by atoms with Gasteiger partial charge in [-0.15, -0.1) is 0 Å². The maximum absolute atomic E-state index is 11.0. The molecule has 0 aliphatic heterocycles. The predicted molar refractivity (Wildman–Crippen MR) is 78.9 cm³/mol. The topological polar surface area (TPSA) is 50.8 Å². The van der Waals surface area contributed by atoms with Crippen LogP contribution in [0.3, 0.4) is 0 Å². The summed E-state index contributed by atoms with van der Waals surface area (Å²) in [5.74, 6) is 0.660. The normalized spacial score (nSPS) is 12.2. The summed E-state index contributed by atoms with van der Waals surface area (Å²) in [6.07, 6.45) is 0.388. The van der Waals surface area contributed by atoms with E-state index in [-0.39, 0.29) is 12.0 Å². The lowest BCUT2D eigenvalue weighted by atomic mass is 10.1. The fourth-order valence-corrected chi connectivity index (χ4v) is 1.96. The molecular weight excluding hydrogens is 256 g/mol. The van der Waals surface area contributed by atoms with Crippen molar-refractivity contribution in [2.45, 2.75) is 12.5 Å². The Kier molecular flexibility index (Phi) is 7.04. The highest BCUT2D eigenvalue weighted by atomic mass is 16.5. The molecule has 1 aromatic carbocycles. The number of likely N-dealkylation sites (N-methyl/N-ethyl adjacent to an activating group) is 1. The number of carbonyl (C=O) groups is 1. The van der Waals surface area contributed by atoms with Crippen molar-refractivity contribution >= 4 is 5.97 Å². The number of ether oxygens (including phenoxy) is 2. The number of carbonyl (C=O) groups excluding carboxylic acids is 1. The molecule has 1 aromatic rings. The predicted octanol–water partition coefficient (Wildman–Crippen LogP) is 1.45. The first-order chi connectivity index (χ1) is 9.58. The molecule has 112 valence electrons. The van der Waals surface area contributed by atoms with E-state index in [1.807, 2.05) is 26.2 Å². The van der Waals surface area contributed by atoms with E-state index in [0.29, 0.717) is 13.0 Å². The molecule has 20 heavy (non-hydrogen) atoms. The summed E-state index contributed by atoms with van der Waals surface area (Å²) in [4.78, 5) is 13.2. The minimum absolute atomic E-state index is 0.191. The zero-order valence-corrected chi connectivity index (χ0v) is 12.7. The molecule has 0 aliphatic rings. The lowest BCUT2D eigenvalue weighted by Gasteiger charge is -2.25. The molecule has 5 nitrogen and oxygen atoms in total. The van der Waals surface area contributed by atoms with Gasteiger partial charge in [0.05, 0.1) is 20.6 Å². The van der Waals surface area contributed by atoms with Crippen LogP contribution in [0, 0.1) is 0 Å². The van der Waals surface area contributed by atoms with Gasteiger partial charge < -0.3 is 19.7 Å². The Morgan fingerprint density at radius 1 is 1.25 bits per heavy atom. The second kappa shape index (κ2) is 8.55. The average Bonchev–Trinajstić information content (AvgIpc) is 2.46. The fraction of sp³-hybridized carbons (Fsp3) is 0.533. The van der Waals surface area contributed by atoms with Crippen molar-refractivity contribution in [2.75, 3.05) is 41.4 Å². The molecule has 1 atom stereocenters. The monoisotopic (exact) mass is 280 g/mol. The van der Waals surface area contributed by atoms with Crippen LogP contribution in [0.2, 0.25) is 0 Å². The van der Waals surface area contributed by atoms with E-state index in [1.165, 1.54) is 12.7 Å². The highest BCUT2D eigenvalue weighted by Crippen LogP contribution is 2.20. The number of esters is 1. The van der Waals surface area contributed by atoms with Crippen LogP contribution in [0.15, 0.2) is 24.3 Å². The molecule has 0 amide bonds. The first kappa shape index (κ1) is 16.5. The maximum atomic E-state index is 11.0. The molecular formula is C15H24N2O3. The van der Waals surface area contributed by atoms with Crippen molar-refractivity contribution in [1.29, 1.82) is 0 Å². The van der Waals surface area contributed by atoms with Gasteiger partial charge in [0.25, 0.3) is 0 Å². The van der Waals surface area contributed by atoms with Gasteiger partial charge in [0.2, 0.25) is 0 Å². The number of nitrogens with zero attached hydrogens (tertiary/aromatic N) is 1. The molecule has 0 heterocycles. The molecule has 0 fully saturated rings. The van der Waals surface area contributed by atoms with Gasteiger partial charge in [-0.3, -0.25) is 4.79 Å². The highest BCUT2D eigenvalue weighted by molar-refractivity contribution is 5.69. The quantitative estimate of drug-likeness (QED) is 0.577. The van der Waals surface area contributed by atoms with E-state index in [0.717, 1.165) is 12.3 Å². The minimum atomic E-state index is -0.191. The Morgan fingerprint density at radius 2 is 1.90 bits per heavy atom. The van der Waals surface area contributed by atoms with Gasteiger partial charge in [0.15, 0.2) is 0 Å². The largest absolute Gasteiger partial charge is 0.497 e. The van der Waals surface area contributed by atoms with Gasteiger partial charge in [-0.1, -0.05) is 12.1 Å². The number of nitrogens with one attached hydrogen (secondary N) is 1. The Labute approximate surface area is 120 Å². The Hall–Kier alpha value is -1.59. The standard InChI is InChI=1S/C15H24N2O3/c1-17(2)14(11-16-10-9-15(18)20-4)12-5-7-13(19-3)8-6-12/h5-8,14,16H,9-11H2,1-4H3. The molecule has 0 spiro atoms.